The number of rotatable bonds is 6. The molecule has 0 radical (unpaired) electrons. The van der Waals surface area contributed by atoms with E-state index < -0.39 is 81.2 Å². The SMILES string of the molecule is [C-]#[N+]C([N+]#[C-])=C1Cc2c(-c3ccc(C#N)cc3)c3c(c(-c4ccc(C#N)cc4)c2=C1C)CC(=C(C#N)C#N)C=3C(F)(F)F.[C-]#[N+]C([N+]#[C-])=C1Cc2c(-c3cccc(F)c3)c3c(c(-c4cccc(F)c4)c2=C1C)CC(=C(C#N)C#N)C=3C(F)(F)F.[C-]#[N+]C([N+]#[C-])=C1Cc2c(-c3ccncc3)c3c(c(-c4ccncc4)c2=C1C)CC(=C(C#N)C#N)C=3C(F)(F)F. The van der Waals surface area contributed by atoms with Crippen molar-refractivity contribution in [3.63, 3.8) is 0 Å². The summed E-state index contributed by atoms with van der Waals surface area (Å²) in [5, 5.41) is 77.3. The molecule has 0 bridgehead atoms. The standard InChI is InChI=1S/C34H15F3N6.C32H15F5N4.C30H15F3N6/c1-18-24(33(42-2)43-3)12-26-28(18)29(21-8-4-19(14-38)5-9-21)27-13-25(23(16-40)17-41)32(34(35,36)37)31(27)30(26)22-10-6-20(15-39)7-11-22;1-16-22(31(40-2)41-3)12-24-26(16)27(17-6-4-8-20(33)10-17)25-13-23(19(14-38)15-39)30(32(35,36)37)29(25)28(24)18-7-5-9-21(34)11-18;1-16-20(29(36-2)37-3)12-22-24(16)25(17-4-8-38-9-5-17)23-13-21(19(14-34)15-35)28(30(31,32)33)27(23)26(22)18-6-10-39-11-7-18/h4-11H,12-13H2,1H3;4-11H,12-13H2,1H3;4-11H,12-13H2,1H3. The third kappa shape index (κ3) is 14.4. The van der Waals surface area contributed by atoms with E-state index in [1.165, 1.54) is 73.3 Å². The van der Waals surface area contributed by atoms with Crippen LogP contribution in [-0.2, 0) is 38.5 Å². The highest BCUT2D eigenvalue weighted by molar-refractivity contribution is 5.97. The first-order valence-electron chi connectivity index (χ1n) is 36.3. The lowest BCUT2D eigenvalue weighted by molar-refractivity contribution is -0.0704. The Balaban J connectivity index is 0.000000159. The summed E-state index contributed by atoms with van der Waals surface area (Å²) in [6.45, 7) is 50.3. The van der Waals surface area contributed by atoms with Crippen LogP contribution in [0.15, 0.2) is 214 Å². The zero-order valence-corrected chi connectivity index (χ0v) is 63.9. The van der Waals surface area contributed by atoms with E-state index in [1.807, 2.05) is 12.1 Å². The summed E-state index contributed by atoms with van der Waals surface area (Å²) >= 11 is 0. The molecule has 0 amide bonds. The monoisotopic (exact) mass is 1630 g/mol. The van der Waals surface area contributed by atoms with E-state index in [2.05, 4.69) is 39.0 Å². The number of hydrogen-bond donors (Lipinski definition) is 0. The van der Waals surface area contributed by atoms with Crippen molar-refractivity contribution in [3.05, 3.63) is 370 Å². The van der Waals surface area contributed by atoms with E-state index in [1.54, 1.807) is 118 Å². The molecule has 123 heavy (non-hydrogen) atoms. The van der Waals surface area contributed by atoms with E-state index in [-0.39, 0.29) is 110 Å². The smallest absolute Gasteiger partial charge is 0.265 e. The van der Waals surface area contributed by atoms with Gasteiger partial charge in [0, 0.05) is 44.0 Å². The highest BCUT2D eigenvalue weighted by atomic mass is 19.4. The fraction of sp³-hybridized carbons (Fsp3) is 0.125. The lowest BCUT2D eigenvalue weighted by Gasteiger charge is -2.17. The van der Waals surface area contributed by atoms with E-state index in [0.29, 0.717) is 121 Å². The van der Waals surface area contributed by atoms with Gasteiger partial charge in [-0.15, -0.1) is 0 Å². The van der Waals surface area contributed by atoms with Crippen LogP contribution in [0, 0.1) is 142 Å². The summed E-state index contributed by atoms with van der Waals surface area (Å²) in [5.74, 6) is -1.93. The lowest BCUT2D eigenvalue weighted by Crippen LogP contribution is -2.27. The van der Waals surface area contributed by atoms with Gasteiger partial charge in [0.2, 0.25) is 0 Å². The molecule has 586 valence electrons. The van der Waals surface area contributed by atoms with Gasteiger partial charge in [-0.25, -0.2) is 8.78 Å². The van der Waals surface area contributed by atoms with Gasteiger partial charge in [0.25, 0.3) is 0 Å². The Morgan fingerprint density at radius 3 is 0.772 bits per heavy atom. The topological polar surface area (TPSA) is 242 Å². The predicted molar refractivity (Wildman–Crippen MR) is 428 cm³/mol. The van der Waals surface area contributed by atoms with Gasteiger partial charge in [0.05, 0.1) is 56.7 Å². The van der Waals surface area contributed by atoms with Crippen LogP contribution in [0.2, 0.25) is 0 Å². The van der Waals surface area contributed by atoms with Crippen LogP contribution in [0.5, 0.6) is 0 Å². The van der Waals surface area contributed by atoms with Gasteiger partial charge < -0.3 is 0 Å². The number of allylic oxidation sites excluding steroid dienone is 9. The Morgan fingerprint density at radius 1 is 0.309 bits per heavy atom. The largest absolute Gasteiger partial charge is 0.523 e. The second kappa shape index (κ2) is 32.9. The minimum absolute atomic E-state index is 0.000690. The van der Waals surface area contributed by atoms with Gasteiger partial charge in [-0.2, -0.15) is 111 Å². The second-order valence-corrected chi connectivity index (χ2v) is 28.1. The average molecular weight is 1630 g/mol. The number of fused-ring (bicyclic) bond motifs is 6. The molecule has 2 heterocycles. The average Bonchev–Trinajstić information content (AvgIpc) is 1.56. The van der Waals surface area contributed by atoms with Crippen molar-refractivity contribution < 1.29 is 48.3 Å². The Morgan fingerprint density at radius 2 is 0.537 bits per heavy atom. The normalized spacial score (nSPS) is 13.4. The quantitative estimate of drug-likeness (QED) is 0.0866. The van der Waals surface area contributed by atoms with Crippen molar-refractivity contribution in [1.29, 1.82) is 42.1 Å². The van der Waals surface area contributed by atoms with Crippen molar-refractivity contribution in [2.75, 3.05) is 0 Å². The van der Waals surface area contributed by atoms with Crippen LogP contribution in [0.3, 0.4) is 0 Å². The van der Waals surface area contributed by atoms with Crippen LogP contribution < -0.4 is 31.3 Å². The zero-order valence-electron chi connectivity index (χ0n) is 63.9. The predicted octanol–water partition coefficient (Wildman–Crippen LogP) is 18.0. The highest BCUT2D eigenvalue weighted by Crippen LogP contribution is 2.49. The molecular weight excluding hydrogens is 1590 g/mol. The van der Waals surface area contributed by atoms with Crippen LogP contribution in [-0.4, -0.2) is 28.5 Å². The Labute approximate surface area is 693 Å². The van der Waals surface area contributed by atoms with Crippen LogP contribution in [0.25, 0.3) is 129 Å². The molecule has 0 fully saturated rings. The van der Waals surface area contributed by atoms with Crippen molar-refractivity contribution in [3.8, 4) is 115 Å². The van der Waals surface area contributed by atoms with Gasteiger partial charge in [-0.05, 0) is 278 Å². The third-order valence-electron chi connectivity index (χ3n) is 22.0. The van der Waals surface area contributed by atoms with Crippen molar-refractivity contribution in [1.82, 2.24) is 9.97 Å². The first-order valence-corrected chi connectivity index (χ1v) is 36.3. The molecule has 2 aromatic heterocycles. The third-order valence-corrected chi connectivity index (χ3v) is 22.0. The van der Waals surface area contributed by atoms with Gasteiger partial charge >= 0.3 is 36.0 Å². The van der Waals surface area contributed by atoms with Crippen LogP contribution >= 0.6 is 0 Å². The van der Waals surface area contributed by atoms with Crippen molar-refractivity contribution in [2.24, 2.45) is 0 Å². The van der Waals surface area contributed by atoms with Gasteiger partial charge in [0.1, 0.15) is 104 Å². The maximum absolute atomic E-state index is 15.0. The van der Waals surface area contributed by atoms with Crippen LogP contribution in [0.4, 0.5) is 48.3 Å². The second-order valence-electron chi connectivity index (χ2n) is 28.1. The van der Waals surface area contributed by atoms with Crippen LogP contribution in [0.1, 0.15) is 65.3 Å². The molecule has 7 aromatic carbocycles. The number of alkyl halides is 9. The molecular formula is C96H45F11N16. The van der Waals surface area contributed by atoms with Gasteiger partial charge in [-0.1, -0.05) is 48.5 Å². The van der Waals surface area contributed by atoms with E-state index in [0.717, 1.165) is 12.1 Å². The molecule has 6 aliphatic carbocycles. The summed E-state index contributed by atoms with van der Waals surface area (Å²) < 4.78 is 164. The maximum Gasteiger partial charge on any atom is 0.523 e. The van der Waals surface area contributed by atoms with E-state index >= 15 is 13.2 Å². The van der Waals surface area contributed by atoms with E-state index in [9.17, 15) is 77.2 Å². The fourth-order valence-electron chi connectivity index (χ4n) is 17.3. The molecule has 0 spiro atoms. The molecule has 9 aromatic rings. The summed E-state index contributed by atoms with van der Waals surface area (Å²) in [4.78, 5) is 28.2. The first-order chi connectivity index (χ1) is 58.9. The molecule has 6 aliphatic rings. The Hall–Kier alpha value is -17.4. The summed E-state index contributed by atoms with van der Waals surface area (Å²) in [7, 11) is 0. The summed E-state index contributed by atoms with van der Waals surface area (Å²) in [6.07, 6.45) is -9.96. The lowest BCUT2D eigenvalue weighted by atomic mass is 9.86. The number of halogens is 11. The number of aromatic nitrogens is 2. The van der Waals surface area contributed by atoms with E-state index in [4.69, 9.17) is 39.4 Å². The molecule has 0 atom stereocenters. The minimum atomic E-state index is -5.02. The van der Waals surface area contributed by atoms with Crippen molar-refractivity contribution >= 4 is 33.4 Å². The maximum atomic E-state index is 15.0. The number of benzene rings is 7. The molecule has 27 heteroatoms. The zero-order chi connectivity index (χ0) is 88.6. The first kappa shape index (κ1) is 83.5. The summed E-state index contributed by atoms with van der Waals surface area (Å²) in [6, 6.07) is 43.0. The highest BCUT2D eigenvalue weighted by Gasteiger charge is 2.49. The molecule has 0 unspecified atom stereocenters. The number of nitriles is 8. The molecule has 0 saturated carbocycles. The molecule has 0 aliphatic heterocycles. The molecule has 15 rings (SSSR count). The summed E-state index contributed by atoms with van der Waals surface area (Å²) in [5.41, 5.74) is 2.81. The fourth-order valence-corrected chi connectivity index (χ4v) is 17.3. The van der Waals surface area contributed by atoms with Crippen molar-refractivity contribution in [2.45, 2.75) is 77.8 Å². The molecule has 0 N–H and O–H groups in total. The number of hydrogen-bond acceptors (Lipinski definition) is 10. The molecule has 16 nitrogen and oxygen atoms in total. The number of nitrogens with zero attached hydrogens (tertiary/aromatic N) is 16. The Kier molecular flexibility index (Phi) is 22.4. The Bertz CT molecular complexity index is 7530. The minimum Gasteiger partial charge on any atom is -0.265 e. The number of pyridine rings is 2. The molecule has 0 saturated heterocycles. The van der Waals surface area contributed by atoms with Gasteiger partial charge in [-0.3, -0.25) is 9.97 Å². The van der Waals surface area contributed by atoms with Gasteiger partial charge in [0.15, 0.2) is 0 Å².